The molecule has 0 saturated heterocycles. The molecule has 0 bridgehead atoms. The molecular formula is C36H32NO5P. The van der Waals surface area contributed by atoms with Crippen LogP contribution < -0.4 is 30.1 Å². The van der Waals surface area contributed by atoms with E-state index in [4.69, 9.17) is 14.2 Å². The lowest BCUT2D eigenvalue weighted by Gasteiger charge is -2.24. The van der Waals surface area contributed by atoms with Gasteiger partial charge in [-0.05, 0) is 42.3 Å². The number of aryl methyl sites for hydroxylation is 1. The first kappa shape index (κ1) is 28.5. The predicted molar refractivity (Wildman–Crippen MR) is 169 cm³/mol. The van der Waals surface area contributed by atoms with E-state index in [9.17, 15) is 4.79 Å². The van der Waals surface area contributed by atoms with Crippen LogP contribution in [0.4, 0.5) is 0 Å². The standard InChI is InChI=1S/C36H32NO5P/c1-27-16-18-28(19-17-27)23-37(24-29-20-21-32-34(22-29)41-26-40-32)25-36(38)42-33-14-8-9-15-35(33)43(39,30-10-4-2-5-11-30)31-12-6-3-7-13-31/h2-22H,23-26H2,1H3. The normalized spacial score (nSPS) is 12.3. The molecule has 5 aromatic carbocycles. The van der Waals surface area contributed by atoms with Crippen LogP contribution in [-0.4, -0.2) is 24.2 Å². The number of hydrogen-bond donors (Lipinski definition) is 0. The first-order chi connectivity index (χ1) is 21.0. The van der Waals surface area contributed by atoms with Crippen molar-refractivity contribution in [2.24, 2.45) is 0 Å². The van der Waals surface area contributed by atoms with Crippen molar-refractivity contribution in [2.45, 2.75) is 20.0 Å². The quantitative estimate of drug-likeness (QED) is 0.114. The second-order valence-corrected chi connectivity index (χ2v) is 13.3. The second-order valence-electron chi connectivity index (χ2n) is 10.5. The SMILES string of the molecule is Cc1ccc(CN(CC(=O)Oc2ccccc2P(=O)(c2ccccc2)c2ccccc2)Cc2ccc3c(c2)OCO3)cc1. The van der Waals surface area contributed by atoms with E-state index in [1.165, 1.54) is 5.56 Å². The van der Waals surface area contributed by atoms with Gasteiger partial charge in [0, 0.05) is 23.7 Å². The highest BCUT2D eigenvalue weighted by Gasteiger charge is 2.33. The zero-order chi connectivity index (χ0) is 29.6. The zero-order valence-corrected chi connectivity index (χ0v) is 24.8. The number of ether oxygens (including phenoxy) is 3. The molecule has 1 heterocycles. The van der Waals surface area contributed by atoms with Crippen LogP contribution in [0.25, 0.3) is 0 Å². The highest BCUT2D eigenvalue weighted by Crippen LogP contribution is 2.45. The molecular weight excluding hydrogens is 557 g/mol. The molecule has 1 aliphatic heterocycles. The maximum Gasteiger partial charge on any atom is 0.325 e. The maximum atomic E-state index is 15.0. The Morgan fingerprint density at radius 3 is 2.00 bits per heavy atom. The van der Waals surface area contributed by atoms with Gasteiger partial charge in [0.1, 0.15) is 5.75 Å². The van der Waals surface area contributed by atoms with E-state index >= 15 is 4.57 Å². The van der Waals surface area contributed by atoms with E-state index in [1.54, 1.807) is 18.2 Å². The molecule has 7 heteroatoms. The van der Waals surface area contributed by atoms with Crippen molar-refractivity contribution < 1.29 is 23.6 Å². The number of carbonyl (C=O) groups is 1. The summed E-state index contributed by atoms with van der Waals surface area (Å²) in [6.45, 7) is 3.31. The van der Waals surface area contributed by atoms with Crippen LogP contribution >= 0.6 is 7.14 Å². The Morgan fingerprint density at radius 1 is 0.721 bits per heavy atom. The topological polar surface area (TPSA) is 65.1 Å². The van der Waals surface area contributed by atoms with Crippen molar-refractivity contribution in [1.29, 1.82) is 0 Å². The summed E-state index contributed by atoms with van der Waals surface area (Å²) in [5.41, 5.74) is 3.24. The molecule has 216 valence electrons. The minimum absolute atomic E-state index is 0.0254. The molecule has 0 saturated carbocycles. The number of nitrogens with zero attached hydrogens (tertiary/aromatic N) is 1. The second kappa shape index (κ2) is 12.7. The van der Waals surface area contributed by atoms with Crippen LogP contribution in [0.1, 0.15) is 16.7 Å². The summed E-state index contributed by atoms with van der Waals surface area (Å²) in [7, 11) is -3.34. The summed E-state index contributed by atoms with van der Waals surface area (Å²) in [4.78, 5) is 15.6. The molecule has 0 radical (unpaired) electrons. The molecule has 0 aliphatic carbocycles. The molecule has 5 aromatic rings. The number of hydrogen-bond acceptors (Lipinski definition) is 6. The van der Waals surface area contributed by atoms with Crippen molar-refractivity contribution in [3.8, 4) is 17.2 Å². The smallest absolute Gasteiger partial charge is 0.325 e. The van der Waals surface area contributed by atoms with Crippen LogP contribution in [0.2, 0.25) is 0 Å². The Balaban J connectivity index is 1.29. The third-order valence-corrected chi connectivity index (χ3v) is 10.5. The first-order valence-electron chi connectivity index (χ1n) is 14.2. The van der Waals surface area contributed by atoms with E-state index in [0.29, 0.717) is 46.3 Å². The van der Waals surface area contributed by atoms with E-state index in [0.717, 1.165) is 11.1 Å². The summed E-state index contributed by atoms with van der Waals surface area (Å²) in [6, 6.07) is 39.9. The Bertz CT molecular complexity index is 1710. The number of rotatable bonds is 10. The highest BCUT2D eigenvalue weighted by molar-refractivity contribution is 7.85. The van der Waals surface area contributed by atoms with Crippen molar-refractivity contribution in [3.63, 3.8) is 0 Å². The summed E-state index contributed by atoms with van der Waals surface area (Å²) >= 11 is 0. The van der Waals surface area contributed by atoms with E-state index < -0.39 is 13.1 Å². The third-order valence-electron chi connectivity index (χ3n) is 7.39. The zero-order valence-electron chi connectivity index (χ0n) is 23.9. The summed E-state index contributed by atoms with van der Waals surface area (Å²) < 4.78 is 32.1. The van der Waals surface area contributed by atoms with Crippen LogP contribution in [0, 0.1) is 6.92 Å². The fourth-order valence-electron chi connectivity index (χ4n) is 5.26. The van der Waals surface area contributed by atoms with Crippen LogP contribution in [0.3, 0.4) is 0 Å². The molecule has 0 spiro atoms. The van der Waals surface area contributed by atoms with Gasteiger partial charge in [0.15, 0.2) is 18.6 Å². The lowest BCUT2D eigenvalue weighted by atomic mass is 10.1. The van der Waals surface area contributed by atoms with E-state index in [2.05, 4.69) is 24.3 Å². The van der Waals surface area contributed by atoms with Crippen LogP contribution in [-0.2, 0) is 22.4 Å². The molecule has 6 nitrogen and oxygen atoms in total. The molecule has 0 aromatic heterocycles. The van der Waals surface area contributed by atoms with Gasteiger partial charge in [0.05, 0.1) is 11.8 Å². The Hall–Kier alpha value is -4.64. The van der Waals surface area contributed by atoms with E-state index in [1.807, 2.05) is 96.8 Å². The van der Waals surface area contributed by atoms with Crippen LogP contribution in [0.15, 0.2) is 127 Å². The molecule has 6 rings (SSSR count). The Labute approximate surface area is 251 Å². The van der Waals surface area contributed by atoms with Crippen molar-refractivity contribution in [1.82, 2.24) is 4.90 Å². The summed E-state index contributed by atoms with van der Waals surface area (Å²) in [5, 5.41) is 1.84. The van der Waals surface area contributed by atoms with E-state index in [-0.39, 0.29) is 13.3 Å². The average Bonchev–Trinajstić information content (AvgIpc) is 3.51. The van der Waals surface area contributed by atoms with Gasteiger partial charge in [-0.1, -0.05) is 109 Å². The van der Waals surface area contributed by atoms with Crippen molar-refractivity contribution in [3.05, 3.63) is 144 Å². The molecule has 1 aliphatic rings. The average molecular weight is 590 g/mol. The summed E-state index contributed by atoms with van der Waals surface area (Å²) in [5.74, 6) is 1.27. The fraction of sp³-hybridized carbons (Fsp3) is 0.139. The van der Waals surface area contributed by atoms with Crippen molar-refractivity contribution in [2.75, 3.05) is 13.3 Å². The van der Waals surface area contributed by atoms with Gasteiger partial charge in [-0.15, -0.1) is 0 Å². The molecule has 0 N–H and O–H groups in total. The van der Waals surface area contributed by atoms with Gasteiger partial charge < -0.3 is 18.8 Å². The van der Waals surface area contributed by atoms with Gasteiger partial charge in [0.25, 0.3) is 0 Å². The fourth-order valence-corrected chi connectivity index (χ4v) is 8.03. The molecule has 0 fully saturated rings. The van der Waals surface area contributed by atoms with Gasteiger partial charge >= 0.3 is 5.97 Å². The predicted octanol–water partition coefficient (Wildman–Crippen LogP) is 5.97. The minimum Gasteiger partial charge on any atom is -0.454 e. The maximum absolute atomic E-state index is 15.0. The lowest BCUT2D eigenvalue weighted by molar-refractivity contribution is -0.135. The molecule has 0 amide bonds. The molecule has 43 heavy (non-hydrogen) atoms. The number of carbonyl (C=O) groups excluding carboxylic acids is 1. The third kappa shape index (κ3) is 6.41. The summed E-state index contributed by atoms with van der Waals surface area (Å²) in [6.07, 6.45) is 0. The highest BCUT2D eigenvalue weighted by atomic mass is 31.2. The lowest BCUT2D eigenvalue weighted by Crippen LogP contribution is -2.33. The number of benzene rings is 5. The van der Waals surface area contributed by atoms with Crippen molar-refractivity contribution >= 4 is 29.0 Å². The molecule has 0 unspecified atom stereocenters. The first-order valence-corrected chi connectivity index (χ1v) is 15.9. The number of fused-ring (bicyclic) bond motifs is 1. The largest absolute Gasteiger partial charge is 0.454 e. The van der Waals surface area contributed by atoms with Crippen LogP contribution in [0.5, 0.6) is 17.2 Å². The Kier molecular flexibility index (Phi) is 8.41. The number of esters is 1. The Morgan fingerprint density at radius 2 is 1.30 bits per heavy atom. The molecule has 0 atom stereocenters. The monoisotopic (exact) mass is 589 g/mol. The van der Waals surface area contributed by atoms with Gasteiger partial charge in [-0.25, -0.2) is 0 Å². The minimum atomic E-state index is -3.34. The number of para-hydroxylation sites is 1. The van der Waals surface area contributed by atoms with Gasteiger partial charge in [0.2, 0.25) is 6.79 Å². The van der Waals surface area contributed by atoms with Gasteiger partial charge in [-0.2, -0.15) is 0 Å². The van der Waals surface area contributed by atoms with Gasteiger partial charge in [-0.3, -0.25) is 9.69 Å².